The maximum Gasteiger partial charge on any atom is 0.272 e. The highest BCUT2D eigenvalue weighted by Crippen LogP contribution is 2.15. The van der Waals surface area contributed by atoms with Crippen LogP contribution in [-0.2, 0) is 6.54 Å². The topological polar surface area (TPSA) is 62.3 Å². The van der Waals surface area contributed by atoms with Crippen LogP contribution >= 0.6 is 11.6 Å². The number of nitrogens with zero attached hydrogens (tertiary/aromatic N) is 2. The van der Waals surface area contributed by atoms with Crippen LogP contribution < -0.4 is 5.32 Å². The number of piperidine rings is 1. The molecule has 0 unspecified atom stereocenters. The molecule has 1 N–H and O–H groups in total. The number of aromatic nitrogens is 1. The molecule has 1 aromatic heterocycles. The van der Waals surface area contributed by atoms with Crippen LogP contribution in [0.15, 0.2) is 42.5 Å². The van der Waals surface area contributed by atoms with Crippen molar-refractivity contribution in [2.24, 2.45) is 0 Å². The summed E-state index contributed by atoms with van der Waals surface area (Å²) in [5.41, 5.74) is 1.38. The summed E-state index contributed by atoms with van der Waals surface area (Å²) in [5.74, 6) is -0.436. The summed E-state index contributed by atoms with van der Waals surface area (Å²) >= 11 is 6.09. The highest BCUT2D eigenvalue weighted by molar-refractivity contribution is 6.31. The molecule has 0 spiro atoms. The van der Waals surface area contributed by atoms with Crippen molar-refractivity contribution in [1.29, 1.82) is 0 Å². The molecule has 2 heterocycles. The third kappa shape index (κ3) is 4.37. The van der Waals surface area contributed by atoms with Crippen LogP contribution in [0, 0.1) is 0 Å². The minimum Gasteiger partial charge on any atom is -0.347 e. The summed E-state index contributed by atoms with van der Waals surface area (Å²) in [5, 5.41) is 3.39. The monoisotopic (exact) mass is 357 g/mol. The number of likely N-dealkylation sites (tertiary alicyclic amines) is 1. The fourth-order valence-electron chi connectivity index (χ4n) is 2.85. The SMILES string of the molecule is O=C(NCc1ccccc1Cl)c1cccc(C(=O)N2CCCCC2)n1. The van der Waals surface area contributed by atoms with Crippen LogP contribution in [0.3, 0.4) is 0 Å². The second-order valence-electron chi connectivity index (χ2n) is 6.04. The zero-order valence-electron chi connectivity index (χ0n) is 13.9. The van der Waals surface area contributed by atoms with E-state index in [0.717, 1.165) is 37.9 Å². The first kappa shape index (κ1) is 17.4. The molecule has 0 saturated carbocycles. The molecule has 1 aromatic carbocycles. The van der Waals surface area contributed by atoms with E-state index >= 15 is 0 Å². The van der Waals surface area contributed by atoms with Crippen LogP contribution in [0.1, 0.15) is 45.8 Å². The quantitative estimate of drug-likeness (QED) is 0.913. The molecule has 1 aliphatic rings. The predicted molar refractivity (Wildman–Crippen MR) is 96.6 cm³/mol. The number of carbonyl (C=O) groups is 2. The number of carbonyl (C=O) groups excluding carboxylic acids is 2. The summed E-state index contributed by atoms with van der Waals surface area (Å²) in [4.78, 5) is 30.9. The molecule has 130 valence electrons. The number of hydrogen-bond donors (Lipinski definition) is 1. The summed E-state index contributed by atoms with van der Waals surface area (Å²) in [6, 6.07) is 12.3. The van der Waals surface area contributed by atoms with Gasteiger partial charge >= 0.3 is 0 Å². The molecule has 5 nitrogen and oxygen atoms in total. The molecule has 1 saturated heterocycles. The average molecular weight is 358 g/mol. The molecule has 3 rings (SSSR count). The van der Waals surface area contributed by atoms with E-state index in [2.05, 4.69) is 10.3 Å². The van der Waals surface area contributed by atoms with Gasteiger partial charge in [0, 0.05) is 24.7 Å². The molecule has 0 bridgehead atoms. The van der Waals surface area contributed by atoms with Crippen molar-refractivity contribution in [1.82, 2.24) is 15.2 Å². The van der Waals surface area contributed by atoms with E-state index in [1.165, 1.54) is 0 Å². The van der Waals surface area contributed by atoms with Crippen molar-refractivity contribution in [2.75, 3.05) is 13.1 Å². The van der Waals surface area contributed by atoms with Gasteiger partial charge < -0.3 is 10.2 Å². The standard InChI is InChI=1S/C19H20ClN3O2/c20-15-8-3-2-7-14(15)13-21-18(24)16-9-6-10-17(22-16)19(25)23-11-4-1-5-12-23/h2-3,6-10H,1,4-5,11-13H2,(H,21,24). The van der Waals surface area contributed by atoms with Gasteiger partial charge in [0.2, 0.25) is 0 Å². The first-order chi connectivity index (χ1) is 12.1. The normalized spacial score (nSPS) is 14.2. The summed E-state index contributed by atoms with van der Waals surface area (Å²) in [7, 11) is 0. The van der Waals surface area contributed by atoms with E-state index in [1.54, 1.807) is 29.2 Å². The largest absolute Gasteiger partial charge is 0.347 e. The van der Waals surface area contributed by atoms with Gasteiger partial charge in [-0.2, -0.15) is 0 Å². The van der Waals surface area contributed by atoms with Gasteiger partial charge in [-0.25, -0.2) is 4.98 Å². The number of amides is 2. The number of nitrogens with one attached hydrogen (secondary N) is 1. The molecule has 2 aromatic rings. The second kappa shape index (κ2) is 8.12. The van der Waals surface area contributed by atoms with Gasteiger partial charge in [-0.1, -0.05) is 35.9 Å². The lowest BCUT2D eigenvalue weighted by Crippen LogP contribution is -2.36. The fourth-order valence-corrected chi connectivity index (χ4v) is 3.05. The number of rotatable bonds is 4. The van der Waals surface area contributed by atoms with Gasteiger partial charge in [-0.05, 0) is 43.0 Å². The number of halogens is 1. The molecular weight excluding hydrogens is 338 g/mol. The number of pyridine rings is 1. The first-order valence-corrected chi connectivity index (χ1v) is 8.81. The average Bonchev–Trinajstić information content (AvgIpc) is 2.67. The van der Waals surface area contributed by atoms with Crippen LogP contribution in [0.2, 0.25) is 5.02 Å². The Labute approximate surface area is 152 Å². The van der Waals surface area contributed by atoms with E-state index in [4.69, 9.17) is 11.6 Å². The van der Waals surface area contributed by atoms with Gasteiger partial charge in [-0.15, -0.1) is 0 Å². The predicted octanol–water partition coefficient (Wildman–Crippen LogP) is 3.29. The lowest BCUT2D eigenvalue weighted by molar-refractivity contribution is 0.0718. The molecule has 2 amide bonds. The number of hydrogen-bond acceptors (Lipinski definition) is 3. The molecule has 1 fully saturated rings. The Morgan fingerprint density at radius 1 is 1.00 bits per heavy atom. The Hall–Kier alpha value is -2.40. The first-order valence-electron chi connectivity index (χ1n) is 8.43. The molecule has 1 aliphatic heterocycles. The molecule has 0 aliphatic carbocycles. The van der Waals surface area contributed by atoms with Crippen molar-refractivity contribution >= 4 is 23.4 Å². The van der Waals surface area contributed by atoms with Crippen molar-refractivity contribution in [2.45, 2.75) is 25.8 Å². The molecule has 6 heteroatoms. The lowest BCUT2D eigenvalue weighted by atomic mass is 10.1. The van der Waals surface area contributed by atoms with Gasteiger partial charge in [0.15, 0.2) is 0 Å². The smallest absolute Gasteiger partial charge is 0.272 e. The highest BCUT2D eigenvalue weighted by atomic mass is 35.5. The van der Waals surface area contributed by atoms with Crippen molar-refractivity contribution < 1.29 is 9.59 Å². The van der Waals surface area contributed by atoms with Gasteiger partial charge in [-0.3, -0.25) is 9.59 Å². The Bertz CT molecular complexity index is 773. The Morgan fingerprint density at radius 2 is 1.72 bits per heavy atom. The Balaban J connectivity index is 1.67. The van der Waals surface area contributed by atoms with Gasteiger partial charge in [0.25, 0.3) is 11.8 Å². The van der Waals surface area contributed by atoms with E-state index in [0.29, 0.717) is 17.3 Å². The third-order valence-corrected chi connectivity index (χ3v) is 4.61. The van der Waals surface area contributed by atoms with Gasteiger partial charge in [0.1, 0.15) is 11.4 Å². The van der Waals surface area contributed by atoms with Crippen LogP contribution in [0.4, 0.5) is 0 Å². The molecule has 0 radical (unpaired) electrons. The number of benzene rings is 1. The minimum absolute atomic E-state index is 0.111. The zero-order valence-corrected chi connectivity index (χ0v) is 14.6. The molecular formula is C19H20ClN3O2. The second-order valence-corrected chi connectivity index (χ2v) is 6.44. The maximum absolute atomic E-state index is 12.5. The van der Waals surface area contributed by atoms with Crippen molar-refractivity contribution in [3.8, 4) is 0 Å². The van der Waals surface area contributed by atoms with Crippen LogP contribution in [-0.4, -0.2) is 34.8 Å². The van der Waals surface area contributed by atoms with E-state index in [1.807, 2.05) is 18.2 Å². The lowest BCUT2D eigenvalue weighted by Gasteiger charge is -2.26. The van der Waals surface area contributed by atoms with Crippen molar-refractivity contribution in [3.63, 3.8) is 0 Å². The van der Waals surface area contributed by atoms with Crippen LogP contribution in [0.25, 0.3) is 0 Å². The van der Waals surface area contributed by atoms with Crippen molar-refractivity contribution in [3.05, 3.63) is 64.4 Å². The summed E-state index contributed by atoms with van der Waals surface area (Å²) in [6.45, 7) is 1.82. The van der Waals surface area contributed by atoms with Gasteiger partial charge in [0.05, 0.1) is 0 Å². The maximum atomic E-state index is 12.5. The summed E-state index contributed by atoms with van der Waals surface area (Å²) < 4.78 is 0. The van der Waals surface area contributed by atoms with E-state index in [-0.39, 0.29) is 17.5 Å². The molecule has 0 atom stereocenters. The zero-order chi connectivity index (χ0) is 17.6. The van der Waals surface area contributed by atoms with Crippen LogP contribution in [0.5, 0.6) is 0 Å². The minimum atomic E-state index is -0.326. The highest BCUT2D eigenvalue weighted by Gasteiger charge is 2.20. The summed E-state index contributed by atoms with van der Waals surface area (Å²) in [6.07, 6.45) is 3.19. The van der Waals surface area contributed by atoms with E-state index < -0.39 is 0 Å². The Morgan fingerprint density at radius 3 is 2.48 bits per heavy atom. The Kier molecular flexibility index (Phi) is 5.66. The third-order valence-electron chi connectivity index (χ3n) is 4.24. The fraction of sp³-hybridized carbons (Fsp3) is 0.316. The van der Waals surface area contributed by atoms with E-state index in [9.17, 15) is 9.59 Å². The molecule has 25 heavy (non-hydrogen) atoms.